The average molecular weight is 271 g/mol. The SMILES string of the molecule is OCc1cnc(OCc2cccs2)c2ccccc12. The van der Waals surface area contributed by atoms with Gasteiger partial charge in [0.05, 0.1) is 6.61 Å². The maximum atomic E-state index is 9.33. The van der Waals surface area contributed by atoms with Crippen molar-refractivity contribution in [3.8, 4) is 5.88 Å². The predicted molar refractivity (Wildman–Crippen MR) is 76.3 cm³/mol. The molecule has 0 bridgehead atoms. The van der Waals surface area contributed by atoms with E-state index < -0.39 is 0 Å². The summed E-state index contributed by atoms with van der Waals surface area (Å²) in [6.45, 7) is 0.506. The molecule has 3 nitrogen and oxygen atoms in total. The largest absolute Gasteiger partial charge is 0.471 e. The van der Waals surface area contributed by atoms with Gasteiger partial charge < -0.3 is 9.84 Å². The summed E-state index contributed by atoms with van der Waals surface area (Å²) >= 11 is 1.66. The number of hydrogen-bond acceptors (Lipinski definition) is 4. The Kier molecular flexibility index (Phi) is 3.44. The Balaban J connectivity index is 1.95. The van der Waals surface area contributed by atoms with Crippen LogP contribution in [0.1, 0.15) is 10.4 Å². The molecule has 0 fully saturated rings. The summed E-state index contributed by atoms with van der Waals surface area (Å²) in [4.78, 5) is 5.46. The summed E-state index contributed by atoms with van der Waals surface area (Å²) in [6.07, 6.45) is 1.67. The van der Waals surface area contributed by atoms with Crippen molar-refractivity contribution in [2.75, 3.05) is 0 Å². The van der Waals surface area contributed by atoms with Crippen LogP contribution in [0.2, 0.25) is 0 Å². The number of aromatic nitrogens is 1. The minimum absolute atomic E-state index is 0.0152. The van der Waals surface area contributed by atoms with E-state index in [9.17, 15) is 5.11 Å². The van der Waals surface area contributed by atoms with Crippen LogP contribution in [-0.4, -0.2) is 10.1 Å². The van der Waals surface area contributed by atoms with Gasteiger partial charge in [-0.1, -0.05) is 24.3 Å². The van der Waals surface area contributed by atoms with Crippen LogP contribution in [0.3, 0.4) is 0 Å². The van der Waals surface area contributed by atoms with Crippen LogP contribution in [0.25, 0.3) is 10.8 Å². The highest BCUT2D eigenvalue weighted by Crippen LogP contribution is 2.27. The van der Waals surface area contributed by atoms with E-state index in [0.29, 0.717) is 12.5 Å². The summed E-state index contributed by atoms with van der Waals surface area (Å²) < 4.78 is 5.78. The second-order valence-corrected chi connectivity index (χ2v) is 5.19. The zero-order chi connectivity index (χ0) is 13.1. The van der Waals surface area contributed by atoms with Crippen molar-refractivity contribution in [3.63, 3.8) is 0 Å². The number of ether oxygens (including phenoxy) is 1. The van der Waals surface area contributed by atoms with E-state index in [1.165, 1.54) is 0 Å². The van der Waals surface area contributed by atoms with Crippen LogP contribution in [0.5, 0.6) is 5.88 Å². The zero-order valence-electron chi connectivity index (χ0n) is 10.2. The molecule has 0 saturated heterocycles. The van der Waals surface area contributed by atoms with Crippen molar-refractivity contribution >= 4 is 22.1 Å². The predicted octanol–water partition coefficient (Wildman–Crippen LogP) is 3.37. The minimum Gasteiger partial charge on any atom is -0.471 e. The number of rotatable bonds is 4. The Morgan fingerprint density at radius 1 is 1.11 bits per heavy atom. The number of fused-ring (bicyclic) bond motifs is 1. The lowest BCUT2D eigenvalue weighted by atomic mass is 10.1. The molecule has 3 aromatic rings. The molecule has 2 aromatic heterocycles. The van der Waals surface area contributed by atoms with Gasteiger partial charge in [-0.2, -0.15) is 0 Å². The summed E-state index contributed by atoms with van der Waals surface area (Å²) in [5, 5.41) is 13.3. The van der Waals surface area contributed by atoms with Gasteiger partial charge in [0, 0.05) is 22.0 Å². The first-order valence-electron chi connectivity index (χ1n) is 6.01. The summed E-state index contributed by atoms with van der Waals surface area (Å²) in [5.74, 6) is 0.612. The van der Waals surface area contributed by atoms with E-state index in [1.807, 2.05) is 41.8 Å². The first-order chi connectivity index (χ1) is 9.38. The molecule has 19 heavy (non-hydrogen) atoms. The van der Waals surface area contributed by atoms with Gasteiger partial charge >= 0.3 is 0 Å². The number of pyridine rings is 1. The topological polar surface area (TPSA) is 42.4 Å². The van der Waals surface area contributed by atoms with Gasteiger partial charge in [-0.05, 0) is 22.9 Å². The highest BCUT2D eigenvalue weighted by atomic mass is 32.1. The van der Waals surface area contributed by atoms with Crippen molar-refractivity contribution < 1.29 is 9.84 Å². The van der Waals surface area contributed by atoms with Crippen molar-refractivity contribution in [1.82, 2.24) is 4.98 Å². The molecule has 0 atom stereocenters. The number of aliphatic hydroxyl groups is 1. The third kappa shape index (κ3) is 2.45. The smallest absolute Gasteiger partial charge is 0.221 e. The van der Waals surface area contributed by atoms with E-state index in [1.54, 1.807) is 17.5 Å². The summed E-state index contributed by atoms with van der Waals surface area (Å²) in [5.41, 5.74) is 0.819. The quantitative estimate of drug-likeness (QED) is 0.791. The minimum atomic E-state index is -0.0152. The molecule has 0 aliphatic heterocycles. The van der Waals surface area contributed by atoms with Crippen molar-refractivity contribution in [2.24, 2.45) is 0 Å². The first kappa shape index (κ1) is 12.1. The molecular formula is C15H13NO2S. The Morgan fingerprint density at radius 3 is 2.68 bits per heavy atom. The number of aliphatic hydroxyl groups excluding tert-OH is 1. The maximum absolute atomic E-state index is 9.33. The molecule has 0 unspecified atom stereocenters. The summed E-state index contributed by atoms with van der Waals surface area (Å²) in [7, 11) is 0. The normalized spacial score (nSPS) is 10.8. The third-order valence-electron chi connectivity index (χ3n) is 2.94. The molecule has 0 amide bonds. The summed E-state index contributed by atoms with van der Waals surface area (Å²) in [6, 6.07) is 11.9. The van der Waals surface area contributed by atoms with Crippen LogP contribution in [-0.2, 0) is 13.2 Å². The second kappa shape index (κ2) is 5.38. The number of thiophene rings is 1. The van der Waals surface area contributed by atoms with E-state index in [4.69, 9.17) is 4.74 Å². The highest BCUT2D eigenvalue weighted by molar-refractivity contribution is 7.09. The van der Waals surface area contributed by atoms with Gasteiger partial charge in [-0.15, -0.1) is 11.3 Å². The third-order valence-corrected chi connectivity index (χ3v) is 3.79. The number of hydrogen-bond donors (Lipinski definition) is 1. The lowest BCUT2D eigenvalue weighted by molar-refractivity contribution is 0.281. The van der Waals surface area contributed by atoms with Crippen molar-refractivity contribution in [3.05, 3.63) is 58.4 Å². The zero-order valence-corrected chi connectivity index (χ0v) is 11.1. The van der Waals surface area contributed by atoms with Crippen LogP contribution in [0.15, 0.2) is 48.0 Å². The van der Waals surface area contributed by atoms with Crippen LogP contribution < -0.4 is 4.74 Å². The van der Waals surface area contributed by atoms with Gasteiger partial charge in [0.25, 0.3) is 0 Å². The standard InChI is InChI=1S/C15H13NO2S/c17-9-11-8-16-15(14-6-2-1-5-13(11)14)18-10-12-4-3-7-19-12/h1-8,17H,9-10H2. The molecule has 0 spiro atoms. The molecule has 3 rings (SSSR count). The van der Waals surface area contributed by atoms with E-state index in [0.717, 1.165) is 21.2 Å². The van der Waals surface area contributed by atoms with Crippen molar-refractivity contribution in [1.29, 1.82) is 0 Å². The van der Waals surface area contributed by atoms with Gasteiger partial charge in [-0.25, -0.2) is 4.98 Å². The van der Waals surface area contributed by atoms with Gasteiger partial charge in [0.1, 0.15) is 6.61 Å². The van der Waals surface area contributed by atoms with Gasteiger partial charge in [0.15, 0.2) is 0 Å². The van der Waals surface area contributed by atoms with E-state index >= 15 is 0 Å². The molecule has 96 valence electrons. The Labute approximate surface area is 115 Å². The fourth-order valence-electron chi connectivity index (χ4n) is 2.00. The molecular weight excluding hydrogens is 258 g/mol. The van der Waals surface area contributed by atoms with Gasteiger partial charge in [-0.3, -0.25) is 0 Å². The van der Waals surface area contributed by atoms with E-state index in [-0.39, 0.29) is 6.61 Å². The highest BCUT2D eigenvalue weighted by Gasteiger charge is 2.07. The fourth-order valence-corrected chi connectivity index (χ4v) is 2.62. The molecule has 1 N–H and O–H groups in total. The van der Waals surface area contributed by atoms with Crippen LogP contribution >= 0.6 is 11.3 Å². The molecule has 0 saturated carbocycles. The molecule has 0 aliphatic carbocycles. The van der Waals surface area contributed by atoms with Crippen molar-refractivity contribution in [2.45, 2.75) is 13.2 Å². The number of nitrogens with zero attached hydrogens (tertiary/aromatic N) is 1. The Hall–Kier alpha value is -1.91. The lowest BCUT2D eigenvalue weighted by Gasteiger charge is -2.09. The molecule has 4 heteroatoms. The lowest BCUT2D eigenvalue weighted by Crippen LogP contribution is -1.98. The molecule has 0 aliphatic rings. The second-order valence-electron chi connectivity index (χ2n) is 4.16. The maximum Gasteiger partial charge on any atom is 0.221 e. The number of benzene rings is 1. The monoisotopic (exact) mass is 271 g/mol. The van der Waals surface area contributed by atoms with E-state index in [2.05, 4.69) is 4.98 Å². The Morgan fingerprint density at radius 2 is 1.95 bits per heavy atom. The molecule has 2 heterocycles. The molecule has 0 radical (unpaired) electrons. The fraction of sp³-hybridized carbons (Fsp3) is 0.133. The Bertz CT molecular complexity index is 680. The van der Waals surface area contributed by atoms with Crippen LogP contribution in [0.4, 0.5) is 0 Å². The van der Waals surface area contributed by atoms with Crippen LogP contribution in [0, 0.1) is 0 Å². The van der Waals surface area contributed by atoms with Gasteiger partial charge in [0.2, 0.25) is 5.88 Å². The molecule has 1 aromatic carbocycles. The average Bonchev–Trinajstić information content (AvgIpc) is 2.98. The first-order valence-corrected chi connectivity index (χ1v) is 6.89.